The number of esters is 1. The number of carbonyl (C=O) groups excluding carboxylic acids is 1. The van der Waals surface area contributed by atoms with Gasteiger partial charge in [-0.1, -0.05) is 16.8 Å². The number of aryl methyl sites for hydroxylation is 2. The summed E-state index contributed by atoms with van der Waals surface area (Å²) in [5.74, 6) is 0.934. The topological polar surface area (TPSA) is 61.6 Å². The van der Waals surface area contributed by atoms with Crippen molar-refractivity contribution >= 4 is 17.6 Å². The van der Waals surface area contributed by atoms with Crippen molar-refractivity contribution in [1.82, 2.24) is 5.16 Å². The van der Waals surface area contributed by atoms with E-state index in [0.29, 0.717) is 23.0 Å². The highest BCUT2D eigenvalue weighted by Gasteiger charge is 2.30. The van der Waals surface area contributed by atoms with Gasteiger partial charge in [-0.15, -0.1) is 0 Å². The standard InChI is InChI=1S/C15H14ClNO4/c1-8-12(9(2)21-17-8)7-19-15(18)14-6-10-5-11(16)3-4-13(10)20-14/h3-5,14H,6-7H2,1-2H3/t14-/m0/s1. The number of halogens is 1. The first kappa shape index (κ1) is 13.9. The second kappa shape index (κ2) is 5.41. The number of ether oxygens (including phenoxy) is 2. The molecule has 1 aromatic heterocycles. The molecule has 0 spiro atoms. The number of benzene rings is 1. The molecule has 0 fully saturated rings. The molecule has 0 radical (unpaired) electrons. The van der Waals surface area contributed by atoms with Gasteiger partial charge in [0.1, 0.15) is 18.1 Å². The van der Waals surface area contributed by atoms with Crippen molar-refractivity contribution in [1.29, 1.82) is 0 Å². The molecule has 1 aliphatic rings. The van der Waals surface area contributed by atoms with E-state index in [-0.39, 0.29) is 6.61 Å². The van der Waals surface area contributed by atoms with Crippen LogP contribution in [0.15, 0.2) is 22.7 Å². The Hall–Kier alpha value is -2.01. The molecule has 3 rings (SSSR count). The van der Waals surface area contributed by atoms with Crippen molar-refractivity contribution in [2.24, 2.45) is 0 Å². The van der Waals surface area contributed by atoms with Crippen molar-refractivity contribution in [3.05, 3.63) is 45.8 Å². The van der Waals surface area contributed by atoms with Gasteiger partial charge in [-0.3, -0.25) is 0 Å². The summed E-state index contributed by atoms with van der Waals surface area (Å²) in [6, 6.07) is 5.30. The van der Waals surface area contributed by atoms with Crippen LogP contribution >= 0.6 is 11.6 Å². The fourth-order valence-corrected chi connectivity index (χ4v) is 2.49. The van der Waals surface area contributed by atoms with Gasteiger partial charge >= 0.3 is 5.97 Å². The Bertz CT molecular complexity index is 675. The average Bonchev–Trinajstić information content (AvgIpc) is 3.00. The normalized spacial score (nSPS) is 16.4. The molecular weight excluding hydrogens is 294 g/mol. The van der Waals surface area contributed by atoms with Gasteiger partial charge in [-0.25, -0.2) is 4.79 Å². The Morgan fingerprint density at radius 1 is 1.48 bits per heavy atom. The summed E-state index contributed by atoms with van der Waals surface area (Å²) in [7, 11) is 0. The number of carbonyl (C=O) groups is 1. The van der Waals surface area contributed by atoms with E-state index in [9.17, 15) is 4.79 Å². The Morgan fingerprint density at radius 2 is 2.29 bits per heavy atom. The molecule has 1 atom stereocenters. The van der Waals surface area contributed by atoms with Crippen molar-refractivity contribution in [2.75, 3.05) is 0 Å². The minimum absolute atomic E-state index is 0.136. The van der Waals surface area contributed by atoms with Crippen LogP contribution in [-0.2, 0) is 22.6 Å². The Morgan fingerprint density at radius 3 is 3.00 bits per heavy atom. The molecular formula is C15H14ClNO4. The van der Waals surface area contributed by atoms with Crippen LogP contribution in [0, 0.1) is 13.8 Å². The van der Waals surface area contributed by atoms with Gasteiger partial charge in [0.05, 0.1) is 11.3 Å². The number of fused-ring (bicyclic) bond motifs is 1. The van der Waals surface area contributed by atoms with E-state index in [1.807, 2.05) is 6.92 Å². The van der Waals surface area contributed by atoms with Gasteiger partial charge in [-0.2, -0.15) is 0 Å². The largest absolute Gasteiger partial charge is 0.478 e. The van der Waals surface area contributed by atoms with Crippen molar-refractivity contribution in [3.63, 3.8) is 0 Å². The molecule has 0 bridgehead atoms. The van der Waals surface area contributed by atoms with E-state index in [1.54, 1.807) is 25.1 Å². The molecule has 6 heteroatoms. The highest BCUT2D eigenvalue weighted by molar-refractivity contribution is 6.30. The lowest BCUT2D eigenvalue weighted by Gasteiger charge is -2.10. The lowest BCUT2D eigenvalue weighted by atomic mass is 10.1. The summed E-state index contributed by atoms with van der Waals surface area (Å²) in [5.41, 5.74) is 2.44. The summed E-state index contributed by atoms with van der Waals surface area (Å²) < 4.78 is 15.9. The van der Waals surface area contributed by atoms with E-state index in [1.165, 1.54) is 0 Å². The zero-order valence-corrected chi connectivity index (χ0v) is 12.4. The second-order valence-electron chi connectivity index (χ2n) is 4.97. The van der Waals surface area contributed by atoms with Crippen LogP contribution in [0.3, 0.4) is 0 Å². The summed E-state index contributed by atoms with van der Waals surface area (Å²) in [4.78, 5) is 12.1. The quantitative estimate of drug-likeness (QED) is 0.816. The second-order valence-corrected chi connectivity index (χ2v) is 5.41. The summed E-state index contributed by atoms with van der Waals surface area (Å²) in [6.45, 7) is 3.73. The van der Waals surface area contributed by atoms with E-state index < -0.39 is 12.1 Å². The SMILES string of the molecule is Cc1noc(C)c1COC(=O)[C@@H]1Cc2cc(Cl)ccc2O1. The van der Waals surface area contributed by atoms with Crippen molar-refractivity contribution < 1.29 is 18.8 Å². The maximum Gasteiger partial charge on any atom is 0.348 e. The number of aromatic nitrogens is 1. The van der Waals surface area contributed by atoms with Gasteiger partial charge in [0.2, 0.25) is 0 Å². The predicted octanol–water partition coefficient (Wildman–Crippen LogP) is 2.99. The smallest absolute Gasteiger partial charge is 0.348 e. The predicted molar refractivity (Wildman–Crippen MR) is 75.3 cm³/mol. The van der Waals surface area contributed by atoms with E-state index in [0.717, 1.165) is 16.8 Å². The maximum absolute atomic E-state index is 12.1. The van der Waals surface area contributed by atoms with Crippen molar-refractivity contribution in [3.8, 4) is 5.75 Å². The first-order chi connectivity index (χ1) is 10.0. The molecule has 110 valence electrons. The lowest BCUT2D eigenvalue weighted by Crippen LogP contribution is -2.27. The fourth-order valence-electron chi connectivity index (χ4n) is 2.29. The Labute approximate surface area is 126 Å². The van der Waals surface area contributed by atoms with Crippen LogP contribution in [0.25, 0.3) is 0 Å². The summed E-state index contributed by atoms with van der Waals surface area (Å²) in [5, 5.41) is 4.45. The first-order valence-corrected chi connectivity index (χ1v) is 6.96. The van der Waals surface area contributed by atoms with Gasteiger partial charge in [0, 0.05) is 11.4 Å². The Kier molecular flexibility index (Phi) is 3.59. The van der Waals surface area contributed by atoms with Gasteiger partial charge in [-0.05, 0) is 37.6 Å². The lowest BCUT2D eigenvalue weighted by molar-refractivity contribution is -0.152. The number of hydrogen-bond acceptors (Lipinski definition) is 5. The molecule has 0 saturated carbocycles. The average molecular weight is 308 g/mol. The Balaban J connectivity index is 1.63. The molecule has 21 heavy (non-hydrogen) atoms. The van der Waals surface area contributed by atoms with E-state index >= 15 is 0 Å². The first-order valence-electron chi connectivity index (χ1n) is 6.58. The number of rotatable bonds is 3. The molecule has 0 aliphatic carbocycles. The molecule has 5 nitrogen and oxygen atoms in total. The maximum atomic E-state index is 12.1. The van der Waals surface area contributed by atoms with E-state index in [2.05, 4.69) is 5.16 Å². The van der Waals surface area contributed by atoms with Crippen LogP contribution in [-0.4, -0.2) is 17.2 Å². The molecule has 1 aromatic carbocycles. The highest BCUT2D eigenvalue weighted by atomic mass is 35.5. The molecule has 0 amide bonds. The molecule has 0 N–H and O–H groups in total. The van der Waals surface area contributed by atoms with Crippen LogP contribution in [0.1, 0.15) is 22.6 Å². The molecule has 0 unspecified atom stereocenters. The minimum Gasteiger partial charge on any atom is -0.478 e. The van der Waals surface area contributed by atoms with E-state index in [4.69, 9.17) is 25.6 Å². The van der Waals surface area contributed by atoms with Gasteiger partial charge in [0.25, 0.3) is 0 Å². The zero-order valence-electron chi connectivity index (χ0n) is 11.7. The van der Waals surface area contributed by atoms with Crippen molar-refractivity contribution in [2.45, 2.75) is 33.0 Å². The minimum atomic E-state index is -0.626. The fraction of sp³-hybridized carbons (Fsp3) is 0.333. The highest BCUT2D eigenvalue weighted by Crippen LogP contribution is 2.31. The van der Waals surface area contributed by atoms with Crippen LogP contribution in [0.5, 0.6) is 5.75 Å². The summed E-state index contributed by atoms with van der Waals surface area (Å²) >= 11 is 5.93. The van der Waals surface area contributed by atoms with Crippen LogP contribution < -0.4 is 4.74 Å². The van der Waals surface area contributed by atoms with Crippen LogP contribution in [0.4, 0.5) is 0 Å². The summed E-state index contributed by atoms with van der Waals surface area (Å²) in [6.07, 6.45) is -0.157. The van der Waals surface area contributed by atoms with Gasteiger partial charge in [0.15, 0.2) is 6.10 Å². The zero-order chi connectivity index (χ0) is 15.0. The number of nitrogens with zero attached hydrogens (tertiary/aromatic N) is 1. The molecule has 2 heterocycles. The third kappa shape index (κ3) is 2.74. The van der Waals surface area contributed by atoms with Crippen LogP contribution in [0.2, 0.25) is 5.02 Å². The third-order valence-corrected chi connectivity index (χ3v) is 3.74. The molecule has 0 saturated heterocycles. The monoisotopic (exact) mass is 307 g/mol. The van der Waals surface area contributed by atoms with Gasteiger partial charge < -0.3 is 14.0 Å². The molecule has 2 aromatic rings. The number of hydrogen-bond donors (Lipinski definition) is 0. The third-order valence-electron chi connectivity index (χ3n) is 3.50. The molecule has 1 aliphatic heterocycles.